The largest absolute Gasteiger partial charge is 0.416 e. The highest BCUT2D eigenvalue weighted by atomic mass is 32.2. The molecule has 8 heteroatoms. The van der Waals surface area contributed by atoms with Crippen molar-refractivity contribution < 1.29 is 21.7 Å². The van der Waals surface area contributed by atoms with Gasteiger partial charge in [0.25, 0.3) is 0 Å². The van der Waals surface area contributed by atoms with E-state index in [9.17, 15) is 17.4 Å². The summed E-state index contributed by atoms with van der Waals surface area (Å²) in [4.78, 5) is 0. The third-order valence-electron chi connectivity index (χ3n) is 2.10. The van der Waals surface area contributed by atoms with Crippen LogP contribution in [0.25, 0.3) is 0 Å². The van der Waals surface area contributed by atoms with Crippen LogP contribution in [0, 0.1) is 0 Å². The normalized spacial score (nSPS) is 19.9. The van der Waals surface area contributed by atoms with Gasteiger partial charge in [-0.15, -0.1) is 4.40 Å². The summed E-state index contributed by atoms with van der Waals surface area (Å²) in [5, 5.41) is 0. The number of nitrogens with zero attached hydrogens (tertiary/aromatic N) is 1. The maximum absolute atomic E-state index is 12.6. The standard InChI is InChI=1S/C9H7F3N2O2S/c10-9(11,12)7-4-2-1-3-6(7)5-8-13-16-17(15)14-8/h1-4H,5H2,(H,13,14). The topological polar surface area (TPSA) is 50.7 Å². The van der Waals surface area contributed by atoms with E-state index < -0.39 is 23.0 Å². The van der Waals surface area contributed by atoms with Crippen LogP contribution in [0.5, 0.6) is 0 Å². The average Bonchev–Trinajstić information content (AvgIpc) is 2.63. The van der Waals surface area contributed by atoms with Gasteiger partial charge < -0.3 is 0 Å². The lowest BCUT2D eigenvalue weighted by Gasteiger charge is -2.11. The predicted octanol–water partition coefficient (Wildman–Crippen LogP) is 1.76. The highest BCUT2D eigenvalue weighted by molar-refractivity contribution is 7.79. The number of hydroxylamine groups is 1. The van der Waals surface area contributed by atoms with E-state index in [1.165, 1.54) is 18.2 Å². The average molecular weight is 264 g/mol. The van der Waals surface area contributed by atoms with Crippen LogP contribution < -0.4 is 5.48 Å². The maximum atomic E-state index is 12.6. The summed E-state index contributed by atoms with van der Waals surface area (Å²) in [5.74, 6) is 0.111. The Morgan fingerprint density at radius 2 is 2.06 bits per heavy atom. The van der Waals surface area contributed by atoms with Crippen molar-refractivity contribution in [2.24, 2.45) is 4.40 Å². The van der Waals surface area contributed by atoms with Gasteiger partial charge in [-0.05, 0) is 11.6 Å². The first-order valence-electron chi connectivity index (χ1n) is 4.55. The Morgan fingerprint density at radius 3 is 2.65 bits per heavy atom. The number of alkyl halides is 3. The number of halogens is 3. The molecule has 0 amide bonds. The SMILES string of the molecule is O=S1N=C(Cc2ccccc2C(F)(F)F)NO1. The second-order valence-electron chi connectivity index (χ2n) is 3.27. The Kier molecular flexibility index (Phi) is 3.16. The minimum Gasteiger partial charge on any atom is -0.234 e. The number of hydrogen-bond acceptors (Lipinski definition) is 3. The van der Waals surface area contributed by atoms with Crippen LogP contribution in [-0.2, 0) is 28.1 Å². The molecule has 0 aliphatic carbocycles. The van der Waals surface area contributed by atoms with E-state index >= 15 is 0 Å². The molecule has 1 atom stereocenters. The molecule has 0 bridgehead atoms. The van der Waals surface area contributed by atoms with Crippen molar-refractivity contribution in [2.75, 3.05) is 0 Å². The summed E-state index contributed by atoms with van der Waals surface area (Å²) < 4.78 is 56.6. The fraction of sp³-hybridized carbons (Fsp3) is 0.222. The van der Waals surface area contributed by atoms with Gasteiger partial charge in [0, 0.05) is 6.42 Å². The lowest BCUT2D eigenvalue weighted by atomic mass is 10.0. The van der Waals surface area contributed by atoms with Crippen molar-refractivity contribution in [1.29, 1.82) is 0 Å². The van der Waals surface area contributed by atoms with E-state index in [1.807, 2.05) is 0 Å². The quantitative estimate of drug-likeness (QED) is 0.885. The molecule has 0 saturated carbocycles. The van der Waals surface area contributed by atoms with Gasteiger partial charge in [0.15, 0.2) is 0 Å². The fourth-order valence-electron chi connectivity index (χ4n) is 1.41. The Hall–Kier alpha value is -1.41. The second-order valence-corrected chi connectivity index (χ2v) is 4.06. The molecule has 4 nitrogen and oxygen atoms in total. The molecule has 1 aliphatic heterocycles. The Balaban J connectivity index is 2.27. The summed E-state index contributed by atoms with van der Waals surface area (Å²) in [5.41, 5.74) is 1.53. The van der Waals surface area contributed by atoms with Gasteiger partial charge in [-0.2, -0.15) is 17.5 Å². The van der Waals surface area contributed by atoms with Crippen LogP contribution in [-0.4, -0.2) is 10.0 Å². The third-order valence-corrected chi connectivity index (χ3v) is 2.69. The molecule has 92 valence electrons. The molecule has 0 fully saturated rings. The second kappa shape index (κ2) is 4.46. The monoisotopic (exact) mass is 264 g/mol. The minimum absolute atomic E-state index is 0.0498. The lowest BCUT2D eigenvalue weighted by Crippen LogP contribution is -2.21. The van der Waals surface area contributed by atoms with Gasteiger partial charge in [0.05, 0.1) is 5.56 Å². The Labute approximate surface area is 97.2 Å². The van der Waals surface area contributed by atoms with E-state index in [0.717, 1.165) is 6.07 Å². The first-order chi connectivity index (χ1) is 7.97. The van der Waals surface area contributed by atoms with Gasteiger partial charge in [-0.25, -0.2) is 9.69 Å². The molecule has 0 radical (unpaired) electrons. The zero-order chi connectivity index (χ0) is 12.5. The maximum Gasteiger partial charge on any atom is 0.416 e. The van der Waals surface area contributed by atoms with Crippen LogP contribution in [0.2, 0.25) is 0 Å². The summed E-state index contributed by atoms with van der Waals surface area (Å²) in [6.07, 6.45) is -4.53. The van der Waals surface area contributed by atoms with Gasteiger partial charge in [0.1, 0.15) is 5.84 Å². The van der Waals surface area contributed by atoms with E-state index in [1.54, 1.807) is 0 Å². The number of hydrogen-bond donors (Lipinski definition) is 1. The lowest BCUT2D eigenvalue weighted by molar-refractivity contribution is -0.138. The van der Waals surface area contributed by atoms with Crippen LogP contribution in [0.3, 0.4) is 0 Å². The van der Waals surface area contributed by atoms with Crippen LogP contribution >= 0.6 is 0 Å². The molecule has 0 saturated heterocycles. The molecular formula is C9H7F3N2O2S. The van der Waals surface area contributed by atoms with E-state index in [4.69, 9.17) is 0 Å². The minimum atomic E-state index is -4.42. The highest BCUT2D eigenvalue weighted by Gasteiger charge is 2.33. The van der Waals surface area contributed by atoms with Gasteiger partial charge >= 0.3 is 17.4 Å². The van der Waals surface area contributed by atoms with Crippen molar-refractivity contribution in [2.45, 2.75) is 12.6 Å². The summed E-state index contributed by atoms with van der Waals surface area (Å²) in [6, 6.07) is 5.14. The van der Waals surface area contributed by atoms with Crippen LogP contribution in [0.4, 0.5) is 13.2 Å². The summed E-state index contributed by atoms with van der Waals surface area (Å²) >= 11 is -1.86. The first-order valence-corrected chi connectivity index (χ1v) is 5.58. The number of rotatable bonds is 2. The number of benzene rings is 1. The predicted molar refractivity (Wildman–Crippen MR) is 54.9 cm³/mol. The Bertz CT molecular complexity index is 487. The molecule has 1 aromatic carbocycles. The fourth-order valence-corrected chi connectivity index (χ4v) is 1.90. The van der Waals surface area contributed by atoms with Gasteiger partial charge in [-0.1, -0.05) is 18.2 Å². The smallest absolute Gasteiger partial charge is 0.234 e. The number of nitrogens with one attached hydrogen (secondary N) is 1. The van der Waals surface area contributed by atoms with Crippen LogP contribution in [0.1, 0.15) is 11.1 Å². The zero-order valence-electron chi connectivity index (χ0n) is 8.32. The molecule has 1 aliphatic rings. The van der Waals surface area contributed by atoms with Crippen molar-refractivity contribution in [3.8, 4) is 0 Å². The van der Waals surface area contributed by atoms with Crippen molar-refractivity contribution in [3.05, 3.63) is 35.4 Å². The van der Waals surface area contributed by atoms with Gasteiger partial charge in [-0.3, -0.25) is 0 Å². The van der Waals surface area contributed by atoms with Crippen molar-refractivity contribution in [1.82, 2.24) is 5.48 Å². The molecule has 2 rings (SSSR count). The third kappa shape index (κ3) is 2.83. The molecule has 1 N–H and O–H groups in total. The molecule has 1 aromatic rings. The van der Waals surface area contributed by atoms with E-state index in [2.05, 4.69) is 14.2 Å². The van der Waals surface area contributed by atoms with E-state index in [0.29, 0.717) is 0 Å². The molecule has 0 aromatic heterocycles. The number of amidine groups is 1. The summed E-state index contributed by atoms with van der Waals surface area (Å²) in [6.45, 7) is 0. The highest BCUT2D eigenvalue weighted by Crippen LogP contribution is 2.32. The summed E-state index contributed by atoms with van der Waals surface area (Å²) in [7, 11) is 0. The van der Waals surface area contributed by atoms with Crippen molar-refractivity contribution >= 4 is 17.1 Å². The van der Waals surface area contributed by atoms with Gasteiger partial charge in [0.2, 0.25) is 0 Å². The zero-order valence-corrected chi connectivity index (χ0v) is 9.14. The molecule has 1 heterocycles. The molecule has 17 heavy (non-hydrogen) atoms. The van der Waals surface area contributed by atoms with Crippen LogP contribution in [0.15, 0.2) is 28.7 Å². The first kappa shape index (κ1) is 12.1. The molecular weight excluding hydrogens is 257 g/mol. The molecule has 0 spiro atoms. The Morgan fingerprint density at radius 1 is 1.35 bits per heavy atom. The van der Waals surface area contributed by atoms with Crippen molar-refractivity contribution in [3.63, 3.8) is 0 Å². The van der Waals surface area contributed by atoms with E-state index in [-0.39, 0.29) is 17.8 Å². The molecule has 1 unspecified atom stereocenters.